The van der Waals surface area contributed by atoms with Crippen LogP contribution < -0.4 is 9.47 Å². The molecule has 0 radical (unpaired) electrons. The van der Waals surface area contributed by atoms with E-state index in [0.29, 0.717) is 23.6 Å². The Morgan fingerprint density at radius 2 is 1.62 bits per heavy atom. The summed E-state index contributed by atoms with van der Waals surface area (Å²) in [5, 5.41) is 0. The molecule has 1 aromatic carbocycles. The SMILES string of the molecule is CCCN(CC(=O)OC)C(=O)c1cc(OC)cc(OC)c1. The van der Waals surface area contributed by atoms with E-state index in [1.165, 1.54) is 26.2 Å². The van der Waals surface area contributed by atoms with Crippen LogP contribution in [0, 0.1) is 0 Å². The molecule has 0 aliphatic heterocycles. The number of hydrogen-bond donors (Lipinski definition) is 0. The minimum atomic E-state index is -0.452. The normalized spacial score (nSPS) is 9.90. The van der Waals surface area contributed by atoms with E-state index in [-0.39, 0.29) is 12.5 Å². The molecule has 0 saturated carbocycles. The number of esters is 1. The first-order valence-electron chi connectivity index (χ1n) is 6.64. The molecule has 1 amide bonds. The first kappa shape index (κ1) is 16.8. The average Bonchev–Trinajstić information content (AvgIpc) is 2.52. The molecule has 1 aromatic rings. The van der Waals surface area contributed by atoms with Gasteiger partial charge in [-0.05, 0) is 18.6 Å². The fourth-order valence-electron chi connectivity index (χ4n) is 1.86. The van der Waals surface area contributed by atoms with Gasteiger partial charge in [0.25, 0.3) is 5.91 Å². The minimum absolute atomic E-state index is 0.0807. The second-order valence-corrected chi connectivity index (χ2v) is 4.40. The monoisotopic (exact) mass is 295 g/mol. The third-order valence-electron chi connectivity index (χ3n) is 2.93. The summed E-state index contributed by atoms with van der Waals surface area (Å²) in [5.41, 5.74) is 0.406. The molecule has 0 aliphatic carbocycles. The molecule has 1 rings (SSSR count). The third kappa shape index (κ3) is 4.66. The standard InChI is InChI=1S/C15H21NO5/c1-5-6-16(10-14(17)21-4)15(18)11-7-12(19-2)9-13(8-11)20-3/h7-9H,5-6,10H2,1-4H3. The average molecular weight is 295 g/mol. The number of hydrogen-bond acceptors (Lipinski definition) is 5. The van der Waals surface area contributed by atoms with E-state index < -0.39 is 5.97 Å². The fourth-order valence-corrected chi connectivity index (χ4v) is 1.86. The lowest BCUT2D eigenvalue weighted by Crippen LogP contribution is -2.36. The van der Waals surface area contributed by atoms with Crippen molar-refractivity contribution in [3.8, 4) is 11.5 Å². The lowest BCUT2D eigenvalue weighted by molar-refractivity contribution is -0.141. The molecule has 0 bridgehead atoms. The number of ether oxygens (including phenoxy) is 3. The van der Waals surface area contributed by atoms with Crippen LogP contribution in [-0.2, 0) is 9.53 Å². The molecule has 21 heavy (non-hydrogen) atoms. The minimum Gasteiger partial charge on any atom is -0.497 e. The molecule has 0 aromatic heterocycles. The number of rotatable bonds is 7. The summed E-state index contributed by atoms with van der Waals surface area (Å²) in [5.74, 6) is 0.325. The summed E-state index contributed by atoms with van der Waals surface area (Å²) in [6.07, 6.45) is 0.740. The zero-order valence-corrected chi connectivity index (χ0v) is 12.8. The summed E-state index contributed by atoms with van der Waals surface area (Å²) >= 11 is 0. The molecule has 0 N–H and O–H groups in total. The first-order chi connectivity index (χ1) is 10.0. The Morgan fingerprint density at radius 3 is 2.05 bits per heavy atom. The first-order valence-corrected chi connectivity index (χ1v) is 6.64. The summed E-state index contributed by atoms with van der Waals surface area (Å²) in [7, 11) is 4.33. The van der Waals surface area contributed by atoms with Gasteiger partial charge in [0.15, 0.2) is 0 Å². The van der Waals surface area contributed by atoms with E-state index in [4.69, 9.17) is 9.47 Å². The number of benzene rings is 1. The highest BCUT2D eigenvalue weighted by Gasteiger charge is 2.20. The van der Waals surface area contributed by atoms with Crippen LogP contribution in [0.4, 0.5) is 0 Å². The molecule has 0 atom stereocenters. The van der Waals surface area contributed by atoms with Crippen molar-refractivity contribution in [3.63, 3.8) is 0 Å². The second kappa shape index (κ2) is 8.14. The molecule has 0 fully saturated rings. The Hall–Kier alpha value is -2.24. The van der Waals surface area contributed by atoms with Crippen molar-refractivity contribution in [2.24, 2.45) is 0 Å². The van der Waals surface area contributed by atoms with Gasteiger partial charge in [0.2, 0.25) is 0 Å². The Labute approximate surface area is 124 Å². The van der Waals surface area contributed by atoms with Crippen molar-refractivity contribution in [2.45, 2.75) is 13.3 Å². The molecular formula is C15H21NO5. The highest BCUT2D eigenvalue weighted by molar-refractivity contribution is 5.96. The maximum atomic E-state index is 12.5. The van der Waals surface area contributed by atoms with E-state index in [1.54, 1.807) is 18.2 Å². The van der Waals surface area contributed by atoms with Crippen molar-refractivity contribution >= 4 is 11.9 Å². The van der Waals surface area contributed by atoms with Crippen LogP contribution in [0.15, 0.2) is 18.2 Å². The predicted molar refractivity (Wildman–Crippen MR) is 77.8 cm³/mol. The molecule has 0 heterocycles. The lowest BCUT2D eigenvalue weighted by atomic mass is 10.1. The number of methoxy groups -OCH3 is 3. The maximum absolute atomic E-state index is 12.5. The molecule has 0 spiro atoms. The van der Waals surface area contributed by atoms with Gasteiger partial charge in [0.1, 0.15) is 18.0 Å². The lowest BCUT2D eigenvalue weighted by Gasteiger charge is -2.21. The molecular weight excluding hydrogens is 274 g/mol. The van der Waals surface area contributed by atoms with E-state index in [1.807, 2.05) is 6.92 Å². The van der Waals surface area contributed by atoms with E-state index in [9.17, 15) is 9.59 Å². The molecule has 0 saturated heterocycles. The van der Waals surface area contributed by atoms with Gasteiger partial charge in [-0.2, -0.15) is 0 Å². The number of carbonyl (C=O) groups is 2. The zero-order chi connectivity index (χ0) is 15.8. The number of amides is 1. The van der Waals surface area contributed by atoms with Crippen LogP contribution in [0.1, 0.15) is 23.7 Å². The molecule has 6 nitrogen and oxygen atoms in total. The van der Waals surface area contributed by atoms with Gasteiger partial charge in [0.05, 0.1) is 21.3 Å². The Kier molecular flexibility index (Phi) is 6.52. The molecule has 6 heteroatoms. The van der Waals surface area contributed by atoms with E-state index in [2.05, 4.69) is 4.74 Å². The third-order valence-corrected chi connectivity index (χ3v) is 2.93. The molecule has 116 valence electrons. The van der Waals surface area contributed by atoms with Crippen molar-refractivity contribution < 1.29 is 23.8 Å². The summed E-state index contributed by atoms with van der Waals surface area (Å²) < 4.78 is 14.9. The number of nitrogens with zero attached hydrogens (tertiary/aromatic N) is 1. The van der Waals surface area contributed by atoms with Crippen LogP contribution in [0.3, 0.4) is 0 Å². The highest BCUT2D eigenvalue weighted by Crippen LogP contribution is 2.23. The predicted octanol–water partition coefficient (Wildman–Crippen LogP) is 1.73. The maximum Gasteiger partial charge on any atom is 0.325 e. The van der Waals surface area contributed by atoms with Gasteiger partial charge in [0, 0.05) is 18.2 Å². The second-order valence-electron chi connectivity index (χ2n) is 4.40. The van der Waals surface area contributed by atoms with Gasteiger partial charge >= 0.3 is 5.97 Å². The number of carbonyl (C=O) groups excluding carboxylic acids is 2. The quantitative estimate of drug-likeness (QED) is 0.717. The van der Waals surface area contributed by atoms with Crippen molar-refractivity contribution in [3.05, 3.63) is 23.8 Å². The van der Waals surface area contributed by atoms with Gasteiger partial charge in [-0.1, -0.05) is 6.92 Å². The van der Waals surface area contributed by atoms with Crippen LogP contribution >= 0.6 is 0 Å². The van der Waals surface area contributed by atoms with Crippen LogP contribution in [0.2, 0.25) is 0 Å². The summed E-state index contributed by atoms with van der Waals surface area (Å²) in [6.45, 7) is 2.32. The topological polar surface area (TPSA) is 65.1 Å². The Bertz CT molecular complexity index is 479. The largest absolute Gasteiger partial charge is 0.497 e. The van der Waals surface area contributed by atoms with Gasteiger partial charge in [-0.3, -0.25) is 9.59 Å². The van der Waals surface area contributed by atoms with Gasteiger partial charge in [-0.25, -0.2) is 0 Å². The van der Waals surface area contributed by atoms with Crippen LogP contribution in [0.25, 0.3) is 0 Å². The van der Waals surface area contributed by atoms with E-state index >= 15 is 0 Å². The highest BCUT2D eigenvalue weighted by atomic mass is 16.5. The Balaban J connectivity index is 3.04. The van der Waals surface area contributed by atoms with Crippen molar-refractivity contribution in [1.29, 1.82) is 0 Å². The molecule has 0 aliphatic rings. The smallest absolute Gasteiger partial charge is 0.325 e. The Morgan fingerprint density at radius 1 is 1.05 bits per heavy atom. The molecule has 0 unspecified atom stereocenters. The van der Waals surface area contributed by atoms with Crippen molar-refractivity contribution in [2.75, 3.05) is 34.4 Å². The van der Waals surface area contributed by atoms with Crippen LogP contribution in [-0.4, -0.2) is 51.2 Å². The van der Waals surface area contributed by atoms with Crippen LogP contribution in [0.5, 0.6) is 11.5 Å². The van der Waals surface area contributed by atoms with E-state index in [0.717, 1.165) is 6.42 Å². The van der Waals surface area contributed by atoms with Gasteiger partial charge < -0.3 is 19.1 Å². The van der Waals surface area contributed by atoms with Gasteiger partial charge in [-0.15, -0.1) is 0 Å². The summed E-state index contributed by atoms with van der Waals surface area (Å²) in [4.78, 5) is 25.4. The fraction of sp³-hybridized carbons (Fsp3) is 0.467. The zero-order valence-electron chi connectivity index (χ0n) is 12.8. The summed E-state index contributed by atoms with van der Waals surface area (Å²) in [6, 6.07) is 4.91. The van der Waals surface area contributed by atoms with Crippen molar-refractivity contribution in [1.82, 2.24) is 4.90 Å².